The van der Waals surface area contributed by atoms with Gasteiger partial charge in [-0.2, -0.15) is 0 Å². The van der Waals surface area contributed by atoms with Gasteiger partial charge in [-0.05, 0) is 18.2 Å². The number of nitrogens with zero attached hydrogens (tertiary/aromatic N) is 1. The van der Waals surface area contributed by atoms with E-state index in [1.54, 1.807) is 6.07 Å². The van der Waals surface area contributed by atoms with Gasteiger partial charge < -0.3 is 10.0 Å². The van der Waals surface area contributed by atoms with Crippen LogP contribution in [0.25, 0.3) is 0 Å². The second kappa shape index (κ2) is 3.73. The molecule has 1 aliphatic heterocycles. The standard InChI is InChI=1S/C11H11F2NO2/c12-8-2-1-3-9(6-8)14-5-4-11(13,7-14)10(15)16/h1-3,6H,4-5,7H2,(H,15,16). The molecule has 1 aromatic carbocycles. The molecule has 0 aromatic heterocycles. The lowest BCUT2D eigenvalue weighted by Gasteiger charge is -2.19. The van der Waals surface area contributed by atoms with Crippen molar-refractivity contribution in [1.29, 1.82) is 0 Å². The van der Waals surface area contributed by atoms with E-state index in [1.807, 2.05) is 0 Å². The number of alkyl halides is 1. The molecule has 3 nitrogen and oxygen atoms in total. The van der Waals surface area contributed by atoms with Crippen LogP contribution in [-0.2, 0) is 4.79 Å². The highest BCUT2D eigenvalue weighted by molar-refractivity contribution is 5.79. The summed E-state index contributed by atoms with van der Waals surface area (Å²) in [6.07, 6.45) is -0.0706. The normalized spacial score (nSPS) is 24.8. The molecule has 2 rings (SSSR count). The van der Waals surface area contributed by atoms with Crippen molar-refractivity contribution >= 4 is 11.7 Å². The number of benzene rings is 1. The molecule has 5 heteroatoms. The van der Waals surface area contributed by atoms with Crippen LogP contribution in [0.3, 0.4) is 0 Å². The molecule has 0 bridgehead atoms. The number of aliphatic carboxylic acids is 1. The van der Waals surface area contributed by atoms with Crippen LogP contribution in [0.4, 0.5) is 14.5 Å². The van der Waals surface area contributed by atoms with Crippen LogP contribution in [-0.4, -0.2) is 29.8 Å². The van der Waals surface area contributed by atoms with E-state index in [9.17, 15) is 13.6 Å². The predicted molar refractivity (Wildman–Crippen MR) is 54.7 cm³/mol. The van der Waals surface area contributed by atoms with E-state index >= 15 is 0 Å². The lowest BCUT2D eigenvalue weighted by atomic mass is 10.1. The summed E-state index contributed by atoms with van der Waals surface area (Å²) >= 11 is 0. The maximum Gasteiger partial charge on any atom is 0.343 e. The fourth-order valence-corrected chi connectivity index (χ4v) is 1.84. The highest BCUT2D eigenvalue weighted by Crippen LogP contribution is 2.30. The van der Waals surface area contributed by atoms with Gasteiger partial charge >= 0.3 is 5.97 Å². The Hall–Kier alpha value is -1.65. The first-order valence-corrected chi connectivity index (χ1v) is 4.94. The van der Waals surface area contributed by atoms with Crippen molar-refractivity contribution < 1.29 is 18.7 Å². The van der Waals surface area contributed by atoms with Crippen LogP contribution in [0.5, 0.6) is 0 Å². The molecule has 1 aromatic rings. The molecule has 1 atom stereocenters. The summed E-state index contributed by atoms with van der Waals surface area (Å²) < 4.78 is 26.7. The van der Waals surface area contributed by atoms with Crippen LogP contribution < -0.4 is 4.90 Å². The van der Waals surface area contributed by atoms with E-state index in [1.165, 1.54) is 23.1 Å². The van der Waals surface area contributed by atoms with Crippen molar-refractivity contribution in [2.75, 3.05) is 18.0 Å². The number of anilines is 1. The van der Waals surface area contributed by atoms with Crippen molar-refractivity contribution in [3.63, 3.8) is 0 Å². The Morgan fingerprint density at radius 3 is 2.81 bits per heavy atom. The zero-order chi connectivity index (χ0) is 11.8. The first-order valence-electron chi connectivity index (χ1n) is 4.94. The Labute approximate surface area is 91.3 Å². The van der Waals surface area contributed by atoms with Crippen LogP contribution in [0.2, 0.25) is 0 Å². The molecule has 0 amide bonds. The Kier molecular flexibility index (Phi) is 2.53. The third kappa shape index (κ3) is 1.85. The molecule has 1 unspecified atom stereocenters. The Morgan fingerprint density at radius 1 is 1.50 bits per heavy atom. The first-order chi connectivity index (χ1) is 7.51. The molecule has 1 fully saturated rings. The fraction of sp³-hybridized carbons (Fsp3) is 0.364. The smallest absolute Gasteiger partial charge is 0.343 e. The van der Waals surface area contributed by atoms with Gasteiger partial charge in [0, 0.05) is 18.7 Å². The molecular weight excluding hydrogens is 216 g/mol. The largest absolute Gasteiger partial charge is 0.479 e. The Bertz CT molecular complexity index is 424. The summed E-state index contributed by atoms with van der Waals surface area (Å²) in [6, 6.07) is 5.72. The van der Waals surface area contributed by atoms with Gasteiger partial charge in [0.1, 0.15) is 5.82 Å². The van der Waals surface area contributed by atoms with Gasteiger partial charge in [0.2, 0.25) is 5.67 Å². The van der Waals surface area contributed by atoms with E-state index in [-0.39, 0.29) is 19.5 Å². The minimum Gasteiger partial charge on any atom is -0.479 e. The minimum atomic E-state index is -2.22. The van der Waals surface area contributed by atoms with Crippen molar-refractivity contribution in [2.24, 2.45) is 0 Å². The van der Waals surface area contributed by atoms with Gasteiger partial charge in [-0.3, -0.25) is 0 Å². The predicted octanol–water partition coefficient (Wildman–Crippen LogP) is 1.83. The monoisotopic (exact) mass is 227 g/mol. The molecule has 0 saturated carbocycles. The summed E-state index contributed by atoms with van der Waals surface area (Å²) in [7, 11) is 0. The number of hydrogen-bond donors (Lipinski definition) is 1. The Balaban J connectivity index is 2.18. The fourth-order valence-electron chi connectivity index (χ4n) is 1.84. The second-order valence-electron chi connectivity index (χ2n) is 3.92. The summed E-state index contributed by atoms with van der Waals surface area (Å²) in [5.41, 5.74) is -1.70. The van der Waals surface area contributed by atoms with Gasteiger partial charge in [-0.25, -0.2) is 13.6 Å². The minimum absolute atomic E-state index is 0.0706. The number of carboxylic acids is 1. The first kappa shape index (κ1) is 10.9. The highest BCUT2D eigenvalue weighted by atomic mass is 19.1. The maximum absolute atomic E-state index is 13.7. The van der Waals surface area contributed by atoms with Crippen LogP contribution in [0.15, 0.2) is 24.3 Å². The van der Waals surface area contributed by atoms with Crippen molar-refractivity contribution in [2.45, 2.75) is 12.1 Å². The number of halogens is 2. The lowest BCUT2D eigenvalue weighted by Crippen LogP contribution is -2.37. The van der Waals surface area contributed by atoms with Gasteiger partial charge in [0.15, 0.2) is 0 Å². The molecule has 1 aliphatic rings. The number of hydrogen-bond acceptors (Lipinski definition) is 2. The van der Waals surface area contributed by atoms with Gasteiger partial charge in [-0.1, -0.05) is 6.07 Å². The molecule has 1 saturated heterocycles. The Morgan fingerprint density at radius 2 is 2.25 bits per heavy atom. The molecule has 0 aliphatic carbocycles. The third-order valence-electron chi connectivity index (χ3n) is 2.78. The molecular formula is C11H11F2NO2. The zero-order valence-corrected chi connectivity index (χ0v) is 8.49. The van der Waals surface area contributed by atoms with E-state index < -0.39 is 17.5 Å². The van der Waals surface area contributed by atoms with Crippen molar-refractivity contribution in [3.8, 4) is 0 Å². The van der Waals surface area contributed by atoms with Crippen LogP contribution >= 0.6 is 0 Å². The lowest BCUT2D eigenvalue weighted by molar-refractivity contribution is -0.149. The SMILES string of the molecule is O=C(O)C1(F)CCN(c2cccc(F)c2)C1. The molecule has 1 N–H and O–H groups in total. The molecule has 16 heavy (non-hydrogen) atoms. The average Bonchev–Trinajstić information content (AvgIpc) is 2.62. The summed E-state index contributed by atoms with van der Waals surface area (Å²) in [4.78, 5) is 12.2. The van der Waals surface area contributed by atoms with Crippen LogP contribution in [0.1, 0.15) is 6.42 Å². The van der Waals surface area contributed by atoms with Gasteiger partial charge in [0.25, 0.3) is 0 Å². The average molecular weight is 227 g/mol. The van der Waals surface area contributed by atoms with E-state index in [4.69, 9.17) is 5.11 Å². The third-order valence-corrected chi connectivity index (χ3v) is 2.78. The second-order valence-corrected chi connectivity index (χ2v) is 3.92. The summed E-state index contributed by atoms with van der Waals surface area (Å²) in [5.74, 6) is -1.87. The van der Waals surface area contributed by atoms with E-state index in [0.29, 0.717) is 5.69 Å². The highest BCUT2D eigenvalue weighted by Gasteiger charge is 2.45. The molecule has 0 spiro atoms. The van der Waals surface area contributed by atoms with Crippen molar-refractivity contribution in [3.05, 3.63) is 30.1 Å². The number of carboxylic acid groups (broad SMARTS) is 1. The molecule has 0 radical (unpaired) electrons. The topological polar surface area (TPSA) is 40.5 Å². The van der Waals surface area contributed by atoms with Crippen molar-refractivity contribution in [1.82, 2.24) is 0 Å². The van der Waals surface area contributed by atoms with Crippen LogP contribution in [0, 0.1) is 5.82 Å². The quantitative estimate of drug-likeness (QED) is 0.837. The van der Waals surface area contributed by atoms with E-state index in [0.717, 1.165) is 0 Å². The molecule has 1 heterocycles. The van der Waals surface area contributed by atoms with Gasteiger partial charge in [-0.15, -0.1) is 0 Å². The zero-order valence-electron chi connectivity index (χ0n) is 8.49. The summed E-state index contributed by atoms with van der Waals surface area (Å²) in [5, 5.41) is 8.72. The summed E-state index contributed by atoms with van der Waals surface area (Å²) in [6.45, 7) is 0.0536. The molecule has 86 valence electrons. The number of rotatable bonds is 2. The van der Waals surface area contributed by atoms with E-state index in [2.05, 4.69) is 0 Å². The maximum atomic E-state index is 13.7. The van der Waals surface area contributed by atoms with Gasteiger partial charge in [0.05, 0.1) is 6.54 Å². The number of carbonyl (C=O) groups is 1.